The number of aliphatic hydroxyl groups excluding tert-OH is 1. The molecule has 5 rings (SSSR count). The summed E-state index contributed by atoms with van der Waals surface area (Å²) in [5.41, 5.74) is 0.252. The van der Waals surface area contributed by atoms with Crippen molar-refractivity contribution in [3.05, 3.63) is 17.3 Å². The summed E-state index contributed by atoms with van der Waals surface area (Å²) in [6.45, 7) is 3.08. The van der Waals surface area contributed by atoms with Crippen LogP contribution in [0.15, 0.2) is 12.3 Å². The van der Waals surface area contributed by atoms with E-state index in [2.05, 4.69) is 14.8 Å². The number of piperidine rings is 1. The Labute approximate surface area is 187 Å². The molecule has 1 aromatic rings. The van der Waals surface area contributed by atoms with E-state index < -0.39 is 0 Å². The summed E-state index contributed by atoms with van der Waals surface area (Å²) < 4.78 is 5.00. The summed E-state index contributed by atoms with van der Waals surface area (Å²) in [6, 6.07) is 2.01. The van der Waals surface area contributed by atoms with E-state index in [-0.39, 0.29) is 29.6 Å². The molecule has 0 radical (unpaired) electrons. The van der Waals surface area contributed by atoms with Gasteiger partial charge in [-0.3, -0.25) is 9.69 Å². The molecule has 3 aliphatic heterocycles. The molecule has 1 N–H and O–H groups in total. The number of anilines is 2. The van der Waals surface area contributed by atoms with Crippen LogP contribution in [-0.4, -0.2) is 71.9 Å². The van der Waals surface area contributed by atoms with Gasteiger partial charge in [0, 0.05) is 25.7 Å². The van der Waals surface area contributed by atoms with Gasteiger partial charge in [-0.1, -0.05) is 11.6 Å². The van der Waals surface area contributed by atoms with Crippen molar-refractivity contribution in [1.82, 2.24) is 9.88 Å². The fourth-order valence-electron chi connectivity index (χ4n) is 5.69. The number of hydrogen-bond donors (Lipinski definition) is 1. The minimum atomic E-state index is -0.380. The largest absolute Gasteiger partial charge is 0.447 e. The van der Waals surface area contributed by atoms with E-state index in [9.17, 15) is 14.7 Å². The van der Waals surface area contributed by atoms with Crippen molar-refractivity contribution in [2.75, 3.05) is 42.6 Å². The zero-order valence-electron chi connectivity index (χ0n) is 17.6. The molecule has 1 aliphatic carbocycles. The van der Waals surface area contributed by atoms with Crippen LogP contribution in [0, 0.1) is 5.41 Å². The molecule has 0 bridgehead atoms. The van der Waals surface area contributed by atoms with Crippen molar-refractivity contribution >= 4 is 35.1 Å². The van der Waals surface area contributed by atoms with Gasteiger partial charge in [-0.2, -0.15) is 0 Å². The van der Waals surface area contributed by atoms with Crippen LogP contribution in [0.3, 0.4) is 0 Å². The summed E-state index contributed by atoms with van der Waals surface area (Å²) in [5.74, 6) is 0.926. The Balaban J connectivity index is 1.31. The van der Waals surface area contributed by atoms with Crippen LogP contribution in [0.2, 0.25) is 5.02 Å². The Bertz CT molecular complexity index is 875. The number of ether oxygens (including phenoxy) is 1. The standard InChI is InChI=1S/C22H29ClN4O4/c23-18-12-16(27-10-11-31-21(27)30)13-24-19(18)25-8-1-6-22(14-25)7-9-26(20(22)29)15-2-4-17(28)5-3-15/h12-13,15,17,28H,1-11,14H2. The predicted octanol–water partition coefficient (Wildman–Crippen LogP) is 2.81. The number of amides is 2. The number of hydrogen-bond acceptors (Lipinski definition) is 6. The number of pyridine rings is 1. The van der Waals surface area contributed by atoms with Crippen LogP contribution < -0.4 is 9.80 Å². The van der Waals surface area contributed by atoms with Crippen molar-refractivity contribution in [2.24, 2.45) is 5.41 Å². The Hall–Kier alpha value is -2.06. The first-order chi connectivity index (χ1) is 15.0. The molecule has 1 spiro atoms. The van der Waals surface area contributed by atoms with E-state index in [0.717, 1.165) is 58.0 Å². The quantitative estimate of drug-likeness (QED) is 0.765. The molecule has 3 saturated heterocycles. The van der Waals surface area contributed by atoms with Crippen LogP contribution in [0.1, 0.15) is 44.9 Å². The van der Waals surface area contributed by atoms with Crippen molar-refractivity contribution < 1.29 is 19.4 Å². The first-order valence-electron chi connectivity index (χ1n) is 11.3. The molecule has 1 aromatic heterocycles. The number of likely N-dealkylation sites (tertiary alicyclic amines) is 1. The molecule has 9 heteroatoms. The number of halogens is 1. The van der Waals surface area contributed by atoms with Gasteiger partial charge in [-0.15, -0.1) is 0 Å². The van der Waals surface area contributed by atoms with Crippen LogP contribution in [-0.2, 0) is 9.53 Å². The highest BCUT2D eigenvalue weighted by molar-refractivity contribution is 6.33. The smallest absolute Gasteiger partial charge is 0.414 e. The highest BCUT2D eigenvalue weighted by Crippen LogP contribution is 2.44. The average molecular weight is 449 g/mol. The summed E-state index contributed by atoms with van der Waals surface area (Å²) >= 11 is 6.58. The maximum Gasteiger partial charge on any atom is 0.414 e. The van der Waals surface area contributed by atoms with Gasteiger partial charge in [0.2, 0.25) is 5.91 Å². The molecule has 4 fully saturated rings. The number of nitrogens with zero attached hydrogens (tertiary/aromatic N) is 4. The third-order valence-corrected chi connectivity index (χ3v) is 7.69. The second-order valence-electron chi connectivity index (χ2n) is 9.28. The molecule has 0 aromatic carbocycles. The molecular weight excluding hydrogens is 420 g/mol. The van der Waals surface area contributed by atoms with Gasteiger partial charge in [0.05, 0.1) is 35.0 Å². The Morgan fingerprint density at radius 1 is 1.13 bits per heavy atom. The number of cyclic esters (lactones) is 1. The summed E-state index contributed by atoms with van der Waals surface area (Å²) in [6.07, 6.45) is 7.07. The monoisotopic (exact) mass is 448 g/mol. The first kappa shape index (κ1) is 20.8. The topological polar surface area (TPSA) is 86.2 Å². The SMILES string of the molecule is O=C1OCCN1c1cnc(N2CCCC3(CCN(C4CCC(O)CC4)C3=O)C2)c(Cl)c1. The minimum absolute atomic E-state index is 0.216. The lowest BCUT2D eigenvalue weighted by atomic mass is 9.78. The number of carbonyl (C=O) groups is 2. The molecule has 8 nitrogen and oxygen atoms in total. The molecular formula is C22H29ClN4O4. The lowest BCUT2D eigenvalue weighted by molar-refractivity contribution is -0.139. The Morgan fingerprint density at radius 3 is 2.65 bits per heavy atom. The van der Waals surface area contributed by atoms with Crippen molar-refractivity contribution in [3.63, 3.8) is 0 Å². The van der Waals surface area contributed by atoms with Gasteiger partial charge >= 0.3 is 6.09 Å². The van der Waals surface area contributed by atoms with E-state index in [1.54, 1.807) is 12.3 Å². The Kier molecular flexibility index (Phi) is 5.46. The highest BCUT2D eigenvalue weighted by Gasteiger charge is 2.51. The number of aromatic nitrogens is 1. The van der Waals surface area contributed by atoms with Crippen LogP contribution in [0.25, 0.3) is 0 Å². The molecule has 31 heavy (non-hydrogen) atoms. The van der Waals surface area contributed by atoms with Crippen LogP contribution in [0.5, 0.6) is 0 Å². The van der Waals surface area contributed by atoms with E-state index in [1.807, 2.05) is 0 Å². The van der Waals surface area contributed by atoms with Gasteiger partial charge in [-0.05, 0) is 51.0 Å². The molecule has 168 valence electrons. The maximum absolute atomic E-state index is 13.5. The van der Waals surface area contributed by atoms with Gasteiger partial charge in [0.1, 0.15) is 12.4 Å². The molecule has 4 aliphatic rings. The van der Waals surface area contributed by atoms with Gasteiger partial charge in [-0.25, -0.2) is 9.78 Å². The number of carbonyl (C=O) groups excluding carboxylic acids is 2. The average Bonchev–Trinajstić information content (AvgIpc) is 3.33. The zero-order valence-corrected chi connectivity index (χ0v) is 18.4. The maximum atomic E-state index is 13.5. The zero-order chi connectivity index (χ0) is 21.6. The van der Waals surface area contributed by atoms with Crippen molar-refractivity contribution in [2.45, 2.75) is 57.1 Å². The lowest BCUT2D eigenvalue weighted by Crippen LogP contribution is -2.50. The lowest BCUT2D eigenvalue weighted by Gasteiger charge is -2.41. The highest BCUT2D eigenvalue weighted by atomic mass is 35.5. The minimum Gasteiger partial charge on any atom is -0.447 e. The number of aliphatic hydroxyl groups is 1. The summed E-state index contributed by atoms with van der Waals surface area (Å²) in [7, 11) is 0. The molecule has 2 amide bonds. The second-order valence-corrected chi connectivity index (χ2v) is 9.69. The van der Waals surface area contributed by atoms with Gasteiger partial charge in [0.15, 0.2) is 0 Å². The fourth-order valence-corrected chi connectivity index (χ4v) is 5.97. The normalized spacial score (nSPS) is 31.6. The third kappa shape index (κ3) is 3.74. The van der Waals surface area contributed by atoms with Gasteiger partial charge < -0.3 is 19.6 Å². The van der Waals surface area contributed by atoms with Gasteiger partial charge in [0.25, 0.3) is 0 Å². The van der Waals surface area contributed by atoms with E-state index in [1.165, 1.54) is 4.90 Å². The summed E-state index contributed by atoms with van der Waals surface area (Å²) in [4.78, 5) is 35.6. The Morgan fingerprint density at radius 2 is 1.94 bits per heavy atom. The molecule has 1 unspecified atom stereocenters. The van der Waals surface area contributed by atoms with E-state index in [4.69, 9.17) is 16.3 Å². The molecule has 4 heterocycles. The predicted molar refractivity (Wildman–Crippen MR) is 116 cm³/mol. The number of rotatable bonds is 3. The van der Waals surface area contributed by atoms with Crippen LogP contribution >= 0.6 is 11.6 Å². The molecule has 1 atom stereocenters. The second kappa shape index (κ2) is 8.13. The van der Waals surface area contributed by atoms with E-state index >= 15 is 0 Å². The summed E-state index contributed by atoms with van der Waals surface area (Å²) in [5, 5.41) is 10.3. The van der Waals surface area contributed by atoms with Crippen molar-refractivity contribution in [1.29, 1.82) is 0 Å². The fraction of sp³-hybridized carbons (Fsp3) is 0.682. The van der Waals surface area contributed by atoms with E-state index in [0.29, 0.717) is 36.2 Å². The third-order valence-electron chi connectivity index (χ3n) is 7.41. The first-order valence-corrected chi connectivity index (χ1v) is 11.7. The molecule has 1 saturated carbocycles. The van der Waals surface area contributed by atoms with Crippen molar-refractivity contribution in [3.8, 4) is 0 Å². The van der Waals surface area contributed by atoms with Crippen LogP contribution in [0.4, 0.5) is 16.3 Å².